The molecular formula is C3H10B2O6. The van der Waals surface area contributed by atoms with E-state index in [1.807, 2.05) is 0 Å². The van der Waals surface area contributed by atoms with E-state index in [4.69, 9.17) is 25.2 Å². The molecule has 5 N–H and O–H groups in total. The second-order valence-electron chi connectivity index (χ2n) is 0.825. The summed E-state index contributed by atoms with van der Waals surface area (Å²) in [7, 11) is -1.50. The molecule has 0 radical (unpaired) electrons. The predicted octanol–water partition coefficient (Wildman–Crippen LogP) is -3.27. The first kappa shape index (κ1) is 16.6. The number of aliphatic carboxylic acids is 1. The molecule has 0 aliphatic heterocycles. The Morgan fingerprint density at radius 2 is 1.27 bits per heavy atom. The Balaban J connectivity index is -0.0000000933. The van der Waals surface area contributed by atoms with Crippen molar-refractivity contribution < 1.29 is 30.0 Å². The van der Waals surface area contributed by atoms with Gasteiger partial charge in [-0.25, -0.2) is 4.79 Å². The standard InChI is InChI=1S/C3H4O2.2BH3O2/c1-2-3(4)5;2*2-1-3/h2H,1H2,(H,4,5);2*1-3H. The Bertz CT molecular complexity index is 83.9. The van der Waals surface area contributed by atoms with Crippen molar-refractivity contribution in [3.8, 4) is 0 Å². The lowest BCUT2D eigenvalue weighted by Crippen LogP contribution is -1.82. The molecule has 0 aromatic carbocycles. The fraction of sp³-hybridized carbons (Fsp3) is 0. The molecule has 0 heterocycles. The van der Waals surface area contributed by atoms with Gasteiger partial charge in [0, 0.05) is 6.08 Å². The van der Waals surface area contributed by atoms with Crippen LogP contribution >= 0.6 is 0 Å². The van der Waals surface area contributed by atoms with Crippen LogP contribution in [0.4, 0.5) is 0 Å². The molecule has 6 nitrogen and oxygen atoms in total. The van der Waals surface area contributed by atoms with E-state index in [2.05, 4.69) is 6.58 Å². The summed E-state index contributed by atoms with van der Waals surface area (Å²) in [6, 6.07) is 0. The third kappa shape index (κ3) is 340. The molecule has 0 aromatic rings. The Morgan fingerprint density at radius 3 is 1.27 bits per heavy atom. The molecule has 0 rings (SSSR count). The lowest BCUT2D eigenvalue weighted by Gasteiger charge is -1.64. The van der Waals surface area contributed by atoms with Crippen molar-refractivity contribution in [1.82, 2.24) is 0 Å². The Hall–Kier alpha value is -0.820. The van der Waals surface area contributed by atoms with Crippen LogP contribution in [-0.4, -0.2) is 46.5 Å². The molecule has 0 amide bonds. The molecule has 0 unspecified atom stereocenters. The summed E-state index contributed by atoms with van der Waals surface area (Å²) in [6.45, 7) is 2.96. The number of rotatable bonds is 1. The Kier molecular flexibility index (Phi) is 34.6. The molecule has 0 aliphatic rings. The van der Waals surface area contributed by atoms with E-state index in [-0.39, 0.29) is 0 Å². The average Bonchev–Trinajstić information content (AvgIpc) is 1.91. The van der Waals surface area contributed by atoms with E-state index in [1.54, 1.807) is 0 Å². The van der Waals surface area contributed by atoms with Crippen molar-refractivity contribution in [2.45, 2.75) is 0 Å². The van der Waals surface area contributed by atoms with E-state index in [0.717, 1.165) is 6.08 Å². The monoisotopic (exact) mass is 164 g/mol. The van der Waals surface area contributed by atoms with E-state index in [0.29, 0.717) is 0 Å². The van der Waals surface area contributed by atoms with Crippen molar-refractivity contribution in [1.29, 1.82) is 0 Å². The highest BCUT2D eigenvalue weighted by atomic mass is 16.4. The quantitative estimate of drug-likeness (QED) is 0.205. The van der Waals surface area contributed by atoms with Gasteiger partial charge in [-0.3, -0.25) is 0 Å². The van der Waals surface area contributed by atoms with E-state index >= 15 is 0 Å². The van der Waals surface area contributed by atoms with Gasteiger partial charge in [-0.15, -0.1) is 0 Å². The van der Waals surface area contributed by atoms with Gasteiger partial charge in [-0.2, -0.15) is 0 Å². The summed E-state index contributed by atoms with van der Waals surface area (Å²) < 4.78 is 0. The lowest BCUT2D eigenvalue weighted by atomic mass is 10.5. The maximum atomic E-state index is 9.25. The third-order valence-corrected chi connectivity index (χ3v) is 0.175. The minimum Gasteiger partial charge on any atom is -0.478 e. The second-order valence-corrected chi connectivity index (χ2v) is 0.825. The first-order chi connectivity index (χ1) is 5.10. The summed E-state index contributed by atoms with van der Waals surface area (Å²) in [5, 5.41) is 36.1. The maximum absolute atomic E-state index is 9.25. The van der Waals surface area contributed by atoms with Gasteiger partial charge in [0.05, 0.1) is 0 Å². The molecule has 64 valence electrons. The summed E-state index contributed by atoms with van der Waals surface area (Å²) in [5.41, 5.74) is 0. The van der Waals surface area contributed by atoms with Gasteiger partial charge in [0.1, 0.15) is 0 Å². The summed E-state index contributed by atoms with van der Waals surface area (Å²) in [6.07, 6.45) is 0.833. The zero-order valence-electron chi connectivity index (χ0n) is 5.84. The van der Waals surface area contributed by atoms with Gasteiger partial charge >= 0.3 is 21.3 Å². The second kappa shape index (κ2) is 22.9. The molecular weight excluding hydrogens is 154 g/mol. The van der Waals surface area contributed by atoms with Crippen molar-refractivity contribution in [2.75, 3.05) is 0 Å². The number of carboxylic acids is 1. The van der Waals surface area contributed by atoms with Crippen LogP contribution in [-0.2, 0) is 4.79 Å². The number of carbonyl (C=O) groups is 1. The van der Waals surface area contributed by atoms with Gasteiger partial charge in [-0.05, 0) is 0 Å². The fourth-order valence-electron chi connectivity index (χ4n) is 0. The van der Waals surface area contributed by atoms with Gasteiger partial charge in [0.2, 0.25) is 0 Å². The van der Waals surface area contributed by atoms with Gasteiger partial charge < -0.3 is 25.2 Å². The lowest BCUT2D eigenvalue weighted by molar-refractivity contribution is -0.131. The molecule has 0 atom stereocenters. The predicted molar refractivity (Wildman–Crippen MR) is 41.0 cm³/mol. The van der Waals surface area contributed by atoms with Crippen molar-refractivity contribution in [3.63, 3.8) is 0 Å². The number of hydrogen-bond acceptors (Lipinski definition) is 5. The largest absolute Gasteiger partial charge is 0.478 e. The normalized spacial score (nSPS) is 5.45. The molecule has 0 fully saturated rings. The van der Waals surface area contributed by atoms with Gasteiger partial charge in [0.25, 0.3) is 0 Å². The van der Waals surface area contributed by atoms with Crippen LogP contribution in [0.1, 0.15) is 0 Å². The third-order valence-electron chi connectivity index (χ3n) is 0.175. The van der Waals surface area contributed by atoms with Crippen LogP contribution in [0.2, 0.25) is 0 Å². The summed E-state index contributed by atoms with van der Waals surface area (Å²) >= 11 is 0. The molecule has 0 aromatic heterocycles. The molecule has 0 bridgehead atoms. The van der Waals surface area contributed by atoms with Gasteiger partial charge in [0.15, 0.2) is 0 Å². The van der Waals surface area contributed by atoms with Crippen LogP contribution in [0.5, 0.6) is 0 Å². The summed E-state index contributed by atoms with van der Waals surface area (Å²) in [4.78, 5) is 9.25. The maximum Gasteiger partial charge on any atom is 0.432 e. The Morgan fingerprint density at radius 1 is 1.18 bits per heavy atom. The number of hydrogen-bond donors (Lipinski definition) is 5. The SMILES string of the molecule is C=CC(=O)O.OBO.OBO. The highest BCUT2D eigenvalue weighted by molar-refractivity contribution is 6.13. The minimum absolute atomic E-state index is 0.750. The first-order valence-electron chi connectivity index (χ1n) is 2.39. The zero-order chi connectivity index (χ0) is 9.70. The highest BCUT2D eigenvalue weighted by Crippen LogP contribution is 1.54. The van der Waals surface area contributed by atoms with E-state index < -0.39 is 21.3 Å². The number of carboxylic acid groups (broad SMARTS) is 1. The molecule has 8 heteroatoms. The van der Waals surface area contributed by atoms with Crippen LogP contribution in [0, 0.1) is 0 Å². The smallest absolute Gasteiger partial charge is 0.432 e. The van der Waals surface area contributed by atoms with E-state index in [1.165, 1.54) is 0 Å². The van der Waals surface area contributed by atoms with Crippen molar-refractivity contribution >= 4 is 21.3 Å². The highest BCUT2D eigenvalue weighted by Gasteiger charge is 1.73. The van der Waals surface area contributed by atoms with Gasteiger partial charge in [-0.1, -0.05) is 6.58 Å². The van der Waals surface area contributed by atoms with Crippen molar-refractivity contribution in [2.24, 2.45) is 0 Å². The van der Waals surface area contributed by atoms with E-state index in [9.17, 15) is 4.79 Å². The van der Waals surface area contributed by atoms with Crippen molar-refractivity contribution in [3.05, 3.63) is 12.7 Å². The van der Waals surface area contributed by atoms with Crippen LogP contribution in [0.15, 0.2) is 12.7 Å². The topological polar surface area (TPSA) is 118 Å². The average molecular weight is 164 g/mol. The molecule has 0 saturated carbocycles. The minimum atomic E-state index is -0.981. The molecule has 0 spiro atoms. The Labute approximate surface area is 65.0 Å². The summed E-state index contributed by atoms with van der Waals surface area (Å²) in [5.74, 6) is -0.981. The van der Waals surface area contributed by atoms with Crippen LogP contribution in [0.25, 0.3) is 0 Å². The first-order valence-corrected chi connectivity index (χ1v) is 2.39. The molecule has 0 saturated heterocycles. The molecule has 0 aliphatic carbocycles. The molecule has 11 heavy (non-hydrogen) atoms. The fourth-order valence-corrected chi connectivity index (χ4v) is 0. The zero-order valence-corrected chi connectivity index (χ0v) is 5.84. The van der Waals surface area contributed by atoms with Crippen LogP contribution in [0.3, 0.4) is 0 Å². The van der Waals surface area contributed by atoms with Crippen LogP contribution < -0.4 is 0 Å².